The first-order valence-corrected chi connectivity index (χ1v) is 9.11. The van der Waals surface area contributed by atoms with Gasteiger partial charge in [-0.1, -0.05) is 13.8 Å². The van der Waals surface area contributed by atoms with E-state index in [9.17, 15) is 9.59 Å². The van der Waals surface area contributed by atoms with Crippen LogP contribution in [-0.4, -0.2) is 79.0 Å². The minimum atomic E-state index is 0.0486. The zero-order chi connectivity index (χ0) is 17.2. The third-order valence-corrected chi connectivity index (χ3v) is 4.79. The van der Waals surface area contributed by atoms with Gasteiger partial charge in [-0.3, -0.25) is 4.79 Å². The molecule has 0 aromatic heterocycles. The van der Waals surface area contributed by atoms with Crippen LogP contribution in [0.4, 0.5) is 4.79 Å². The number of hydrogen-bond donors (Lipinski definition) is 1. The molecule has 6 heteroatoms. The molecule has 0 spiro atoms. The number of urea groups is 1. The van der Waals surface area contributed by atoms with Crippen LogP contribution in [0.5, 0.6) is 0 Å². The van der Waals surface area contributed by atoms with Gasteiger partial charge in [0, 0.05) is 45.2 Å². The van der Waals surface area contributed by atoms with E-state index in [4.69, 9.17) is 0 Å². The SMILES string of the molecule is CCN(CC)CCNC(=O)C1CCN(C(=O)N(CC)CC)CC1. The number of amides is 3. The van der Waals surface area contributed by atoms with Crippen molar-refractivity contribution in [3.05, 3.63) is 0 Å². The van der Waals surface area contributed by atoms with Gasteiger partial charge in [0.25, 0.3) is 0 Å². The maximum Gasteiger partial charge on any atom is 0.319 e. The third kappa shape index (κ3) is 6.01. The molecule has 3 amide bonds. The lowest BCUT2D eigenvalue weighted by molar-refractivity contribution is -0.126. The van der Waals surface area contributed by atoms with Crippen LogP contribution in [-0.2, 0) is 4.79 Å². The predicted octanol–water partition coefficient (Wildman–Crippen LogP) is 1.62. The minimum Gasteiger partial charge on any atom is -0.355 e. The third-order valence-electron chi connectivity index (χ3n) is 4.79. The molecule has 1 aliphatic heterocycles. The number of nitrogens with zero attached hydrogens (tertiary/aromatic N) is 3. The Morgan fingerprint density at radius 3 is 2.04 bits per heavy atom. The van der Waals surface area contributed by atoms with Crippen molar-refractivity contribution in [2.45, 2.75) is 40.5 Å². The molecule has 1 rings (SSSR count). The second-order valence-electron chi connectivity index (χ2n) is 6.03. The lowest BCUT2D eigenvalue weighted by atomic mass is 9.96. The van der Waals surface area contributed by atoms with Gasteiger partial charge in [-0.2, -0.15) is 0 Å². The van der Waals surface area contributed by atoms with E-state index in [0.717, 1.165) is 45.6 Å². The Morgan fingerprint density at radius 1 is 1.00 bits per heavy atom. The van der Waals surface area contributed by atoms with Crippen LogP contribution in [0.1, 0.15) is 40.5 Å². The summed E-state index contributed by atoms with van der Waals surface area (Å²) in [6.07, 6.45) is 1.54. The van der Waals surface area contributed by atoms with E-state index in [1.54, 1.807) is 0 Å². The highest BCUT2D eigenvalue weighted by atomic mass is 16.2. The quantitative estimate of drug-likeness (QED) is 0.737. The van der Waals surface area contributed by atoms with E-state index in [1.807, 2.05) is 23.6 Å². The molecule has 1 N–H and O–H groups in total. The molecule has 0 aliphatic carbocycles. The van der Waals surface area contributed by atoms with Crippen molar-refractivity contribution < 1.29 is 9.59 Å². The Labute approximate surface area is 141 Å². The van der Waals surface area contributed by atoms with Crippen LogP contribution >= 0.6 is 0 Å². The average Bonchev–Trinajstić information content (AvgIpc) is 2.59. The highest BCUT2D eigenvalue weighted by Gasteiger charge is 2.28. The van der Waals surface area contributed by atoms with Gasteiger partial charge in [0.15, 0.2) is 0 Å². The van der Waals surface area contributed by atoms with E-state index in [2.05, 4.69) is 24.1 Å². The number of likely N-dealkylation sites (N-methyl/N-ethyl adjacent to an activating group) is 1. The van der Waals surface area contributed by atoms with Crippen molar-refractivity contribution >= 4 is 11.9 Å². The molecule has 1 heterocycles. The lowest BCUT2D eigenvalue weighted by Gasteiger charge is -2.34. The first-order valence-electron chi connectivity index (χ1n) is 9.11. The molecule has 1 aliphatic rings. The van der Waals surface area contributed by atoms with Crippen molar-refractivity contribution in [3.8, 4) is 0 Å². The molecule has 134 valence electrons. The Hall–Kier alpha value is -1.30. The molecule has 1 saturated heterocycles. The molecule has 0 bridgehead atoms. The van der Waals surface area contributed by atoms with Crippen LogP contribution < -0.4 is 5.32 Å². The number of likely N-dealkylation sites (tertiary alicyclic amines) is 1. The lowest BCUT2D eigenvalue weighted by Crippen LogP contribution is -2.48. The molecule has 0 aromatic carbocycles. The number of piperidine rings is 1. The largest absolute Gasteiger partial charge is 0.355 e. The second kappa shape index (κ2) is 10.5. The van der Waals surface area contributed by atoms with E-state index in [1.165, 1.54) is 0 Å². The van der Waals surface area contributed by atoms with Crippen molar-refractivity contribution in [3.63, 3.8) is 0 Å². The molecule has 23 heavy (non-hydrogen) atoms. The van der Waals surface area contributed by atoms with Gasteiger partial charge in [0.1, 0.15) is 0 Å². The summed E-state index contributed by atoms with van der Waals surface area (Å²) in [5.74, 6) is 0.194. The number of carbonyl (C=O) groups excluding carboxylic acids is 2. The summed E-state index contributed by atoms with van der Waals surface area (Å²) in [5.41, 5.74) is 0. The summed E-state index contributed by atoms with van der Waals surface area (Å²) >= 11 is 0. The Morgan fingerprint density at radius 2 is 1.57 bits per heavy atom. The summed E-state index contributed by atoms with van der Waals surface area (Å²) in [7, 11) is 0. The van der Waals surface area contributed by atoms with Gasteiger partial charge in [-0.05, 0) is 39.8 Å². The van der Waals surface area contributed by atoms with Crippen LogP contribution in [0, 0.1) is 5.92 Å². The fourth-order valence-corrected chi connectivity index (χ4v) is 3.05. The van der Waals surface area contributed by atoms with Crippen LogP contribution in [0.2, 0.25) is 0 Å². The Balaban J connectivity index is 2.32. The first kappa shape index (κ1) is 19.7. The molecule has 6 nitrogen and oxygen atoms in total. The molecule has 0 atom stereocenters. The topological polar surface area (TPSA) is 55.9 Å². The van der Waals surface area contributed by atoms with Gasteiger partial charge in [-0.25, -0.2) is 4.79 Å². The fourth-order valence-electron chi connectivity index (χ4n) is 3.05. The summed E-state index contributed by atoms with van der Waals surface area (Å²) < 4.78 is 0. The summed E-state index contributed by atoms with van der Waals surface area (Å²) in [6.45, 7) is 14.7. The van der Waals surface area contributed by atoms with Crippen LogP contribution in [0.15, 0.2) is 0 Å². The second-order valence-corrected chi connectivity index (χ2v) is 6.03. The number of hydrogen-bond acceptors (Lipinski definition) is 3. The van der Waals surface area contributed by atoms with E-state index in [0.29, 0.717) is 19.6 Å². The molecule has 1 fully saturated rings. The van der Waals surface area contributed by atoms with E-state index >= 15 is 0 Å². The molecule has 0 unspecified atom stereocenters. The predicted molar refractivity (Wildman–Crippen MR) is 93.4 cm³/mol. The van der Waals surface area contributed by atoms with Gasteiger partial charge < -0.3 is 20.0 Å². The summed E-state index contributed by atoms with van der Waals surface area (Å²) in [6, 6.07) is 0.107. The highest BCUT2D eigenvalue weighted by molar-refractivity contribution is 5.79. The minimum absolute atomic E-state index is 0.0486. The normalized spacial score (nSPS) is 15.8. The molecular weight excluding hydrogens is 292 g/mol. The Bertz CT molecular complexity index is 360. The van der Waals surface area contributed by atoms with E-state index < -0.39 is 0 Å². The zero-order valence-corrected chi connectivity index (χ0v) is 15.3. The van der Waals surface area contributed by atoms with Crippen molar-refractivity contribution in [2.75, 3.05) is 52.4 Å². The molecule has 0 saturated carbocycles. The first-order chi connectivity index (χ1) is 11.1. The van der Waals surface area contributed by atoms with Crippen LogP contribution in [0.3, 0.4) is 0 Å². The van der Waals surface area contributed by atoms with Crippen molar-refractivity contribution in [2.24, 2.45) is 5.92 Å². The number of carbonyl (C=O) groups is 2. The smallest absolute Gasteiger partial charge is 0.319 e. The maximum absolute atomic E-state index is 12.3. The van der Waals surface area contributed by atoms with Crippen molar-refractivity contribution in [1.82, 2.24) is 20.0 Å². The fraction of sp³-hybridized carbons (Fsp3) is 0.882. The number of nitrogens with one attached hydrogen (secondary N) is 1. The van der Waals surface area contributed by atoms with E-state index in [-0.39, 0.29) is 17.9 Å². The van der Waals surface area contributed by atoms with Gasteiger partial charge in [0.2, 0.25) is 5.91 Å². The van der Waals surface area contributed by atoms with Gasteiger partial charge in [-0.15, -0.1) is 0 Å². The van der Waals surface area contributed by atoms with Crippen LogP contribution in [0.25, 0.3) is 0 Å². The zero-order valence-electron chi connectivity index (χ0n) is 15.3. The standard InChI is InChI=1S/C17H34N4O2/c1-5-19(6-2)14-11-18-16(22)15-9-12-21(13-10-15)17(23)20(7-3)8-4/h15H,5-14H2,1-4H3,(H,18,22). The van der Waals surface area contributed by atoms with Gasteiger partial charge >= 0.3 is 6.03 Å². The van der Waals surface area contributed by atoms with Crippen molar-refractivity contribution in [1.29, 1.82) is 0 Å². The average molecular weight is 326 g/mol. The molecule has 0 aromatic rings. The maximum atomic E-state index is 12.3. The molecular formula is C17H34N4O2. The number of rotatable bonds is 8. The van der Waals surface area contributed by atoms with Gasteiger partial charge in [0.05, 0.1) is 0 Å². The molecule has 0 radical (unpaired) electrons. The Kier molecular flexibility index (Phi) is 8.99. The highest BCUT2D eigenvalue weighted by Crippen LogP contribution is 2.18. The monoisotopic (exact) mass is 326 g/mol. The summed E-state index contributed by atoms with van der Waals surface area (Å²) in [5, 5.41) is 3.05. The summed E-state index contributed by atoms with van der Waals surface area (Å²) in [4.78, 5) is 30.5.